The number of nitrogens with zero attached hydrogens (tertiary/aromatic N) is 1. The summed E-state index contributed by atoms with van der Waals surface area (Å²) in [5, 5.41) is 3.55. The summed E-state index contributed by atoms with van der Waals surface area (Å²) in [6.07, 6.45) is 0. The Morgan fingerprint density at radius 2 is 1.72 bits per heavy atom. The Balaban J connectivity index is 2.47. The van der Waals surface area contributed by atoms with Crippen LogP contribution in [0.3, 0.4) is 0 Å². The third-order valence-corrected chi connectivity index (χ3v) is 3.40. The van der Waals surface area contributed by atoms with Crippen molar-refractivity contribution in [1.29, 1.82) is 0 Å². The average Bonchev–Trinajstić information content (AvgIpc) is 2.64. The number of rotatable bonds is 8. The van der Waals surface area contributed by atoms with E-state index in [4.69, 9.17) is 4.74 Å². The van der Waals surface area contributed by atoms with Gasteiger partial charge in [0.05, 0.1) is 13.2 Å². The zero-order chi connectivity index (χ0) is 13.5. The molecule has 0 aromatic heterocycles. The molecule has 0 aromatic carbocycles. The third kappa shape index (κ3) is 5.68. The molecule has 0 aliphatic carbocycles. The van der Waals surface area contributed by atoms with Crippen LogP contribution in [-0.4, -0.2) is 50.3 Å². The van der Waals surface area contributed by atoms with Gasteiger partial charge in [-0.05, 0) is 18.4 Å². The second kappa shape index (κ2) is 8.13. The number of likely N-dealkylation sites (N-methyl/N-ethyl adjacent to an activating group) is 1. The summed E-state index contributed by atoms with van der Waals surface area (Å²) in [6, 6.07) is 0.553. The van der Waals surface area contributed by atoms with Gasteiger partial charge in [0.2, 0.25) is 0 Å². The molecule has 1 fully saturated rings. The molecule has 1 aliphatic rings. The second-order valence-corrected chi connectivity index (χ2v) is 6.47. The average molecular weight is 256 g/mol. The lowest BCUT2D eigenvalue weighted by Gasteiger charge is -2.30. The lowest BCUT2D eigenvalue weighted by Crippen LogP contribution is -2.43. The van der Waals surface area contributed by atoms with Gasteiger partial charge in [-0.15, -0.1) is 0 Å². The van der Waals surface area contributed by atoms with Crippen LogP contribution in [0.1, 0.15) is 34.6 Å². The van der Waals surface area contributed by atoms with Crippen LogP contribution < -0.4 is 5.32 Å². The lowest BCUT2D eigenvalue weighted by molar-refractivity contribution is 0.153. The van der Waals surface area contributed by atoms with E-state index in [1.165, 1.54) is 19.6 Å². The highest BCUT2D eigenvalue weighted by Crippen LogP contribution is 2.17. The number of hydrogen-bond acceptors (Lipinski definition) is 3. The lowest BCUT2D eigenvalue weighted by atomic mass is 10.0. The summed E-state index contributed by atoms with van der Waals surface area (Å²) in [4.78, 5) is 2.62. The third-order valence-electron chi connectivity index (χ3n) is 3.40. The Morgan fingerprint density at radius 3 is 2.22 bits per heavy atom. The summed E-state index contributed by atoms with van der Waals surface area (Å²) < 4.78 is 5.64. The van der Waals surface area contributed by atoms with E-state index in [1.54, 1.807) is 0 Å². The van der Waals surface area contributed by atoms with Gasteiger partial charge in [-0.1, -0.05) is 34.6 Å². The smallest absolute Gasteiger partial charge is 0.0623 e. The first-order valence-corrected chi connectivity index (χ1v) is 7.56. The second-order valence-electron chi connectivity index (χ2n) is 6.47. The first-order chi connectivity index (χ1) is 8.52. The Bertz CT molecular complexity index is 209. The molecule has 0 spiro atoms. The molecule has 2 unspecified atom stereocenters. The van der Waals surface area contributed by atoms with Crippen LogP contribution in [0, 0.1) is 17.8 Å². The topological polar surface area (TPSA) is 24.5 Å². The fourth-order valence-corrected chi connectivity index (χ4v) is 2.85. The first kappa shape index (κ1) is 15.9. The van der Waals surface area contributed by atoms with Crippen molar-refractivity contribution < 1.29 is 4.74 Å². The van der Waals surface area contributed by atoms with Gasteiger partial charge >= 0.3 is 0 Å². The number of ether oxygens (including phenoxy) is 1. The van der Waals surface area contributed by atoms with Gasteiger partial charge in [-0.2, -0.15) is 0 Å². The van der Waals surface area contributed by atoms with Crippen molar-refractivity contribution in [3.8, 4) is 0 Å². The number of hydrogen-bond donors (Lipinski definition) is 1. The molecule has 1 saturated heterocycles. The van der Waals surface area contributed by atoms with Crippen molar-refractivity contribution >= 4 is 0 Å². The van der Waals surface area contributed by atoms with E-state index < -0.39 is 0 Å². The van der Waals surface area contributed by atoms with Gasteiger partial charge in [0, 0.05) is 31.6 Å². The molecule has 1 aliphatic heterocycles. The van der Waals surface area contributed by atoms with Gasteiger partial charge in [-0.25, -0.2) is 0 Å². The molecule has 108 valence electrons. The maximum atomic E-state index is 5.64. The van der Waals surface area contributed by atoms with Crippen molar-refractivity contribution in [3.05, 3.63) is 0 Å². The molecule has 0 saturated carbocycles. The highest BCUT2D eigenvalue weighted by molar-refractivity contribution is 4.83. The summed E-state index contributed by atoms with van der Waals surface area (Å²) in [6.45, 7) is 17.8. The van der Waals surface area contributed by atoms with Crippen LogP contribution in [0.2, 0.25) is 0 Å². The van der Waals surface area contributed by atoms with Crippen LogP contribution in [0.25, 0.3) is 0 Å². The Kier molecular flexibility index (Phi) is 7.20. The van der Waals surface area contributed by atoms with Crippen LogP contribution in [-0.2, 0) is 4.74 Å². The molecule has 18 heavy (non-hydrogen) atoms. The Hall–Kier alpha value is -0.120. The van der Waals surface area contributed by atoms with Crippen molar-refractivity contribution in [2.75, 3.05) is 39.4 Å². The molecule has 0 bridgehead atoms. The molecule has 3 heteroatoms. The van der Waals surface area contributed by atoms with Crippen LogP contribution >= 0.6 is 0 Å². The molecule has 0 amide bonds. The van der Waals surface area contributed by atoms with Crippen LogP contribution in [0.5, 0.6) is 0 Å². The normalized spacial score (nSPS) is 24.7. The minimum atomic E-state index is 0.553. The monoisotopic (exact) mass is 256 g/mol. The van der Waals surface area contributed by atoms with Crippen LogP contribution in [0.15, 0.2) is 0 Å². The van der Waals surface area contributed by atoms with E-state index in [2.05, 4.69) is 44.8 Å². The minimum Gasteiger partial charge on any atom is -0.379 e. The van der Waals surface area contributed by atoms with E-state index in [-0.39, 0.29) is 0 Å². The highest BCUT2D eigenvalue weighted by Gasteiger charge is 2.29. The molecular weight excluding hydrogens is 224 g/mol. The van der Waals surface area contributed by atoms with Gasteiger partial charge < -0.3 is 15.0 Å². The maximum absolute atomic E-state index is 5.64. The van der Waals surface area contributed by atoms with E-state index in [1.807, 2.05) is 0 Å². The van der Waals surface area contributed by atoms with E-state index in [9.17, 15) is 0 Å². The summed E-state index contributed by atoms with van der Waals surface area (Å²) >= 11 is 0. The van der Waals surface area contributed by atoms with E-state index in [0.29, 0.717) is 12.0 Å². The predicted octanol–water partition coefficient (Wildman–Crippen LogP) is 2.22. The number of nitrogens with one attached hydrogen (secondary N) is 1. The zero-order valence-electron chi connectivity index (χ0n) is 12.9. The van der Waals surface area contributed by atoms with Gasteiger partial charge in [0.1, 0.15) is 0 Å². The summed E-state index contributed by atoms with van der Waals surface area (Å²) in [7, 11) is 0. The van der Waals surface area contributed by atoms with E-state index >= 15 is 0 Å². The first-order valence-electron chi connectivity index (χ1n) is 7.56. The summed E-state index contributed by atoms with van der Waals surface area (Å²) in [5.74, 6) is 2.13. The molecule has 2 atom stereocenters. The molecule has 1 N–H and O–H groups in total. The van der Waals surface area contributed by atoms with Crippen molar-refractivity contribution in [2.24, 2.45) is 17.8 Å². The SMILES string of the molecule is CCNC1COCC1CN(CC(C)C)CC(C)C. The van der Waals surface area contributed by atoms with E-state index in [0.717, 1.165) is 31.6 Å². The molecular formula is C15H32N2O. The Morgan fingerprint density at radius 1 is 1.11 bits per heavy atom. The van der Waals surface area contributed by atoms with Crippen LogP contribution in [0.4, 0.5) is 0 Å². The molecule has 1 heterocycles. The quantitative estimate of drug-likeness (QED) is 0.721. The Labute approximate surface area is 113 Å². The molecule has 0 radical (unpaired) electrons. The maximum Gasteiger partial charge on any atom is 0.0623 e. The molecule has 0 aromatic rings. The highest BCUT2D eigenvalue weighted by atomic mass is 16.5. The van der Waals surface area contributed by atoms with Crippen molar-refractivity contribution in [3.63, 3.8) is 0 Å². The van der Waals surface area contributed by atoms with Gasteiger partial charge in [-0.3, -0.25) is 0 Å². The molecule has 3 nitrogen and oxygen atoms in total. The fraction of sp³-hybridized carbons (Fsp3) is 1.00. The van der Waals surface area contributed by atoms with Crippen molar-refractivity contribution in [1.82, 2.24) is 10.2 Å². The zero-order valence-corrected chi connectivity index (χ0v) is 12.9. The largest absolute Gasteiger partial charge is 0.379 e. The van der Waals surface area contributed by atoms with Crippen molar-refractivity contribution in [2.45, 2.75) is 40.7 Å². The molecule has 1 rings (SSSR count). The fourth-order valence-electron chi connectivity index (χ4n) is 2.85. The van der Waals surface area contributed by atoms with Gasteiger partial charge in [0.25, 0.3) is 0 Å². The predicted molar refractivity (Wildman–Crippen MR) is 77.9 cm³/mol. The standard InChI is InChI=1S/C15H32N2O/c1-6-16-15-11-18-10-14(15)9-17(7-12(2)3)8-13(4)5/h12-16H,6-11H2,1-5H3. The van der Waals surface area contributed by atoms with Gasteiger partial charge in [0.15, 0.2) is 0 Å². The summed E-state index contributed by atoms with van der Waals surface area (Å²) in [5.41, 5.74) is 0. The minimum absolute atomic E-state index is 0.553.